The van der Waals surface area contributed by atoms with Gasteiger partial charge in [0.15, 0.2) is 5.82 Å². The standard InChI is InChI=1S/C20H15BrCl2N4O2/c1-2-15-18(11-6-8-12(21)9-7-11)24-10-16(25-15)26-20(29)27-19(28)17-13(22)4-3-5-14(17)23/h3-10H,2H2,1H3,(H2,25,26,27,28,29). The zero-order valence-electron chi connectivity index (χ0n) is 15.2. The maximum absolute atomic E-state index is 12.3. The van der Waals surface area contributed by atoms with Gasteiger partial charge in [0.25, 0.3) is 5.91 Å². The first kappa shape index (κ1) is 21.2. The molecule has 148 valence electrons. The normalized spacial score (nSPS) is 10.5. The van der Waals surface area contributed by atoms with Gasteiger partial charge in [-0.1, -0.05) is 64.3 Å². The van der Waals surface area contributed by atoms with E-state index in [0.29, 0.717) is 12.1 Å². The smallest absolute Gasteiger partial charge is 0.291 e. The van der Waals surface area contributed by atoms with Crippen LogP contribution in [0.3, 0.4) is 0 Å². The Bertz CT molecular complexity index is 1050. The molecule has 0 atom stereocenters. The molecular formula is C20H15BrCl2N4O2. The number of nitrogens with one attached hydrogen (secondary N) is 2. The van der Waals surface area contributed by atoms with Gasteiger partial charge in [0.2, 0.25) is 0 Å². The lowest BCUT2D eigenvalue weighted by Gasteiger charge is -2.11. The molecule has 1 aromatic heterocycles. The van der Waals surface area contributed by atoms with Crippen LogP contribution in [0.25, 0.3) is 11.3 Å². The summed E-state index contributed by atoms with van der Waals surface area (Å²) in [6.07, 6.45) is 2.05. The van der Waals surface area contributed by atoms with Crippen molar-refractivity contribution in [2.45, 2.75) is 13.3 Å². The van der Waals surface area contributed by atoms with Crippen LogP contribution < -0.4 is 10.6 Å². The average Bonchev–Trinajstić information content (AvgIpc) is 2.68. The topological polar surface area (TPSA) is 84.0 Å². The highest BCUT2D eigenvalue weighted by Crippen LogP contribution is 2.25. The van der Waals surface area contributed by atoms with E-state index in [2.05, 4.69) is 36.5 Å². The molecule has 3 rings (SSSR count). The van der Waals surface area contributed by atoms with Crippen LogP contribution in [0.15, 0.2) is 53.1 Å². The van der Waals surface area contributed by atoms with E-state index in [1.807, 2.05) is 31.2 Å². The maximum atomic E-state index is 12.3. The Morgan fingerprint density at radius 2 is 1.72 bits per heavy atom. The molecule has 2 N–H and O–H groups in total. The first-order valence-electron chi connectivity index (χ1n) is 8.57. The van der Waals surface area contributed by atoms with E-state index in [4.69, 9.17) is 23.2 Å². The number of aromatic nitrogens is 2. The average molecular weight is 494 g/mol. The number of hydrogen-bond acceptors (Lipinski definition) is 4. The number of halogens is 3. The van der Waals surface area contributed by atoms with Gasteiger partial charge in [0, 0.05) is 10.0 Å². The van der Waals surface area contributed by atoms with Crippen molar-refractivity contribution in [3.8, 4) is 11.3 Å². The Hall–Kier alpha value is -2.48. The molecule has 0 unspecified atom stereocenters. The highest BCUT2D eigenvalue weighted by molar-refractivity contribution is 9.10. The first-order chi connectivity index (χ1) is 13.9. The number of imide groups is 1. The van der Waals surface area contributed by atoms with E-state index in [0.717, 1.165) is 15.7 Å². The molecule has 0 bridgehead atoms. The molecule has 0 aliphatic rings. The van der Waals surface area contributed by atoms with Crippen molar-refractivity contribution in [1.82, 2.24) is 15.3 Å². The van der Waals surface area contributed by atoms with Crippen LogP contribution >= 0.6 is 39.1 Å². The van der Waals surface area contributed by atoms with Crippen LogP contribution in [0.2, 0.25) is 10.0 Å². The molecule has 3 aromatic rings. The van der Waals surface area contributed by atoms with E-state index in [9.17, 15) is 9.59 Å². The molecule has 0 spiro atoms. The number of anilines is 1. The second-order valence-electron chi connectivity index (χ2n) is 5.92. The van der Waals surface area contributed by atoms with Gasteiger partial charge in [-0.25, -0.2) is 9.78 Å². The molecular weight excluding hydrogens is 479 g/mol. The number of urea groups is 1. The first-order valence-corrected chi connectivity index (χ1v) is 10.1. The lowest BCUT2D eigenvalue weighted by atomic mass is 10.1. The van der Waals surface area contributed by atoms with Crippen molar-refractivity contribution >= 4 is 56.9 Å². The van der Waals surface area contributed by atoms with E-state index < -0.39 is 11.9 Å². The van der Waals surface area contributed by atoms with Crippen molar-refractivity contribution in [2.75, 3.05) is 5.32 Å². The number of benzene rings is 2. The second kappa shape index (κ2) is 9.35. The predicted octanol–water partition coefficient (Wildman–Crippen LogP) is 5.74. The van der Waals surface area contributed by atoms with Crippen LogP contribution in [0.4, 0.5) is 10.6 Å². The van der Waals surface area contributed by atoms with Crippen LogP contribution in [-0.2, 0) is 6.42 Å². The number of carbonyl (C=O) groups excluding carboxylic acids is 2. The minimum atomic E-state index is -0.765. The van der Waals surface area contributed by atoms with Crippen LogP contribution in [0.1, 0.15) is 23.0 Å². The van der Waals surface area contributed by atoms with Crippen molar-refractivity contribution in [1.29, 1.82) is 0 Å². The third-order valence-corrected chi connectivity index (χ3v) is 5.11. The number of nitrogens with zero attached hydrogens (tertiary/aromatic N) is 2. The molecule has 0 aliphatic heterocycles. The third kappa shape index (κ3) is 5.12. The zero-order valence-corrected chi connectivity index (χ0v) is 18.3. The highest BCUT2D eigenvalue weighted by Gasteiger charge is 2.18. The van der Waals surface area contributed by atoms with Gasteiger partial charge < -0.3 is 0 Å². The van der Waals surface area contributed by atoms with Crippen LogP contribution in [0, 0.1) is 0 Å². The van der Waals surface area contributed by atoms with E-state index in [-0.39, 0.29) is 21.4 Å². The molecule has 0 radical (unpaired) electrons. The molecule has 29 heavy (non-hydrogen) atoms. The van der Waals surface area contributed by atoms with Gasteiger partial charge in [0.05, 0.1) is 33.2 Å². The second-order valence-corrected chi connectivity index (χ2v) is 7.65. The van der Waals surface area contributed by atoms with E-state index in [1.165, 1.54) is 18.3 Å². The molecule has 1 heterocycles. The SMILES string of the molecule is CCc1nc(NC(=O)NC(=O)c2c(Cl)cccc2Cl)cnc1-c1ccc(Br)cc1. The third-order valence-electron chi connectivity index (χ3n) is 3.96. The Labute approximate surface area is 185 Å². The molecule has 2 aromatic carbocycles. The molecule has 6 nitrogen and oxygen atoms in total. The summed E-state index contributed by atoms with van der Waals surface area (Å²) in [6.45, 7) is 1.94. The Kier molecular flexibility index (Phi) is 6.84. The molecule has 9 heteroatoms. The fraction of sp³-hybridized carbons (Fsp3) is 0.100. The number of rotatable bonds is 4. The Morgan fingerprint density at radius 3 is 2.34 bits per heavy atom. The van der Waals surface area contributed by atoms with E-state index >= 15 is 0 Å². The minimum absolute atomic E-state index is 0.0249. The van der Waals surface area contributed by atoms with Crippen molar-refractivity contribution in [3.05, 3.63) is 74.4 Å². The summed E-state index contributed by atoms with van der Waals surface area (Å²) >= 11 is 15.4. The fourth-order valence-electron chi connectivity index (χ4n) is 2.61. The minimum Gasteiger partial charge on any atom is -0.291 e. The Balaban J connectivity index is 1.75. The fourth-order valence-corrected chi connectivity index (χ4v) is 3.44. The largest absolute Gasteiger partial charge is 0.327 e. The number of carbonyl (C=O) groups is 2. The summed E-state index contributed by atoms with van der Waals surface area (Å²) in [5.41, 5.74) is 2.38. The number of amides is 3. The van der Waals surface area contributed by atoms with Gasteiger partial charge in [0.1, 0.15) is 0 Å². The summed E-state index contributed by atoms with van der Waals surface area (Å²) in [5, 5.41) is 4.99. The zero-order chi connectivity index (χ0) is 21.0. The summed E-state index contributed by atoms with van der Waals surface area (Å²) in [6, 6.07) is 11.6. The van der Waals surface area contributed by atoms with Gasteiger partial charge >= 0.3 is 6.03 Å². The maximum Gasteiger partial charge on any atom is 0.327 e. The lowest BCUT2D eigenvalue weighted by molar-refractivity contribution is 0.0967. The Morgan fingerprint density at radius 1 is 1.07 bits per heavy atom. The van der Waals surface area contributed by atoms with Crippen molar-refractivity contribution < 1.29 is 9.59 Å². The summed E-state index contributed by atoms with van der Waals surface area (Å²) < 4.78 is 0.963. The highest BCUT2D eigenvalue weighted by atomic mass is 79.9. The molecule has 0 aliphatic carbocycles. The van der Waals surface area contributed by atoms with Gasteiger partial charge in [-0.2, -0.15) is 0 Å². The molecule has 3 amide bonds. The predicted molar refractivity (Wildman–Crippen MR) is 117 cm³/mol. The number of hydrogen-bond donors (Lipinski definition) is 2. The van der Waals surface area contributed by atoms with Gasteiger partial charge in [-0.05, 0) is 30.7 Å². The van der Waals surface area contributed by atoms with Gasteiger partial charge in [-0.15, -0.1) is 0 Å². The molecule has 0 fully saturated rings. The van der Waals surface area contributed by atoms with Crippen LogP contribution in [0.5, 0.6) is 0 Å². The quantitative estimate of drug-likeness (QED) is 0.485. The van der Waals surface area contributed by atoms with Crippen molar-refractivity contribution in [2.24, 2.45) is 0 Å². The number of aryl methyl sites for hydroxylation is 1. The lowest BCUT2D eigenvalue weighted by Crippen LogP contribution is -2.35. The summed E-state index contributed by atoms with van der Waals surface area (Å²) in [7, 11) is 0. The summed E-state index contributed by atoms with van der Waals surface area (Å²) in [4.78, 5) is 33.4. The van der Waals surface area contributed by atoms with E-state index in [1.54, 1.807) is 6.07 Å². The molecule has 0 saturated heterocycles. The van der Waals surface area contributed by atoms with Crippen molar-refractivity contribution in [3.63, 3.8) is 0 Å². The summed E-state index contributed by atoms with van der Waals surface area (Å²) in [5.74, 6) is -0.494. The van der Waals surface area contributed by atoms with Crippen LogP contribution in [-0.4, -0.2) is 21.9 Å². The van der Waals surface area contributed by atoms with Gasteiger partial charge in [-0.3, -0.25) is 20.4 Å². The monoisotopic (exact) mass is 492 g/mol. The molecule has 0 saturated carbocycles.